The van der Waals surface area contributed by atoms with Gasteiger partial charge in [0.1, 0.15) is 5.69 Å². The lowest BCUT2D eigenvalue weighted by molar-refractivity contribution is 0.0594. The fourth-order valence-corrected chi connectivity index (χ4v) is 5.42. The van der Waals surface area contributed by atoms with Crippen molar-refractivity contribution in [3.63, 3.8) is 0 Å². The van der Waals surface area contributed by atoms with Crippen LogP contribution in [0.25, 0.3) is 0 Å². The van der Waals surface area contributed by atoms with Crippen molar-refractivity contribution in [1.82, 2.24) is 20.0 Å². The zero-order valence-electron chi connectivity index (χ0n) is 16.3. The van der Waals surface area contributed by atoms with Crippen molar-refractivity contribution in [3.8, 4) is 0 Å². The molecular formula is C20H32N4O2. The lowest BCUT2D eigenvalue weighted by atomic mass is 9.70. The summed E-state index contributed by atoms with van der Waals surface area (Å²) < 4.78 is 7.83. The monoisotopic (exact) mass is 360 g/mol. The highest BCUT2D eigenvalue weighted by Crippen LogP contribution is 2.49. The number of fused-ring (bicyclic) bond motifs is 2. The first kappa shape index (κ1) is 18.0. The summed E-state index contributed by atoms with van der Waals surface area (Å²) in [6, 6.07) is 2.48. The van der Waals surface area contributed by atoms with Crippen LogP contribution in [0, 0.1) is 18.3 Å². The molecule has 2 atom stereocenters. The summed E-state index contributed by atoms with van der Waals surface area (Å²) in [4.78, 5) is 15.7. The van der Waals surface area contributed by atoms with Gasteiger partial charge in [0.05, 0.1) is 31.0 Å². The second-order valence-corrected chi connectivity index (χ2v) is 8.34. The third-order valence-corrected chi connectivity index (χ3v) is 6.95. The summed E-state index contributed by atoms with van der Waals surface area (Å²) in [5.74, 6) is 0.632. The maximum atomic E-state index is 13.6. The molecule has 0 aliphatic carbocycles. The van der Waals surface area contributed by atoms with E-state index in [9.17, 15) is 4.79 Å². The molecule has 3 saturated heterocycles. The van der Waals surface area contributed by atoms with E-state index in [4.69, 9.17) is 4.74 Å². The summed E-state index contributed by atoms with van der Waals surface area (Å²) in [7, 11) is 0. The molecule has 0 radical (unpaired) electrons. The number of piperidine rings is 1. The number of carbonyl (C=O) groups is 1. The Bertz CT molecular complexity index is 661. The van der Waals surface area contributed by atoms with E-state index >= 15 is 0 Å². The first-order valence-corrected chi connectivity index (χ1v) is 10.2. The van der Waals surface area contributed by atoms with Gasteiger partial charge in [-0.15, -0.1) is 0 Å². The predicted octanol–water partition coefficient (Wildman–Crippen LogP) is 2.39. The summed E-state index contributed by atoms with van der Waals surface area (Å²) in [5.41, 5.74) is 1.92. The largest absolute Gasteiger partial charge is 0.379 e. The number of nitrogens with one attached hydrogen (secondary N) is 1. The Morgan fingerprint density at radius 1 is 1.35 bits per heavy atom. The number of amides is 1. The first-order chi connectivity index (χ1) is 12.6. The van der Waals surface area contributed by atoms with Crippen LogP contribution in [0.5, 0.6) is 0 Å². The van der Waals surface area contributed by atoms with Gasteiger partial charge >= 0.3 is 0 Å². The van der Waals surface area contributed by atoms with Crippen molar-refractivity contribution < 1.29 is 9.53 Å². The van der Waals surface area contributed by atoms with Crippen molar-refractivity contribution in [2.75, 3.05) is 32.8 Å². The molecule has 1 aromatic rings. The maximum absolute atomic E-state index is 13.6. The van der Waals surface area contributed by atoms with Crippen LogP contribution in [0.3, 0.4) is 0 Å². The van der Waals surface area contributed by atoms with Crippen LogP contribution in [-0.2, 0) is 4.74 Å². The number of carbonyl (C=O) groups excluding carboxylic acids is 1. The Morgan fingerprint density at radius 3 is 2.77 bits per heavy atom. The summed E-state index contributed by atoms with van der Waals surface area (Å²) in [6.45, 7) is 10.8. The number of likely N-dealkylation sites (tertiary alicyclic amines) is 1. The highest BCUT2D eigenvalue weighted by atomic mass is 16.5. The molecule has 1 spiro atoms. The first-order valence-electron chi connectivity index (χ1n) is 10.2. The normalized spacial score (nSPS) is 27.5. The third-order valence-electron chi connectivity index (χ3n) is 6.95. The average molecular weight is 361 g/mol. The number of aryl methyl sites for hydroxylation is 1. The van der Waals surface area contributed by atoms with Gasteiger partial charge in [-0.2, -0.15) is 5.10 Å². The lowest BCUT2D eigenvalue weighted by Crippen LogP contribution is -2.43. The van der Waals surface area contributed by atoms with E-state index in [2.05, 4.69) is 29.2 Å². The van der Waals surface area contributed by atoms with Crippen molar-refractivity contribution in [3.05, 3.63) is 17.5 Å². The van der Waals surface area contributed by atoms with Crippen molar-refractivity contribution in [2.45, 2.75) is 58.5 Å². The number of hydrogen-bond acceptors (Lipinski definition) is 4. The van der Waals surface area contributed by atoms with Gasteiger partial charge in [-0.1, -0.05) is 13.8 Å². The topological polar surface area (TPSA) is 59.4 Å². The zero-order chi connectivity index (χ0) is 18.3. The molecule has 3 fully saturated rings. The average Bonchev–Trinajstić information content (AvgIpc) is 3.34. The van der Waals surface area contributed by atoms with Gasteiger partial charge in [0, 0.05) is 12.5 Å². The molecule has 3 aliphatic heterocycles. The Kier molecular flexibility index (Phi) is 4.82. The van der Waals surface area contributed by atoms with Crippen molar-refractivity contribution >= 4 is 5.91 Å². The molecule has 1 aromatic heterocycles. The minimum Gasteiger partial charge on any atom is -0.379 e. The second-order valence-electron chi connectivity index (χ2n) is 8.34. The minimum atomic E-state index is 0.147. The number of rotatable bonds is 4. The van der Waals surface area contributed by atoms with Gasteiger partial charge in [0.25, 0.3) is 5.91 Å². The summed E-state index contributed by atoms with van der Waals surface area (Å²) in [6.07, 6.45) is 4.27. The van der Waals surface area contributed by atoms with Crippen LogP contribution in [0.2, 0.25) is 0 Å². The van der Waals surface area contributed by atoms with Gasteiger partial charge in [0.15, 0.2) is 0 Å². The van der Waals surface area contributed by atoms with Gasteiger partial charge in [-0.05, 0) is 57.2 Å². The van der Waals surface area contributed by atoms with E-state index in [1.54, 1.807) is 0 Å². The van der Waals surface area contributed by atoms with Crippen LogP contribution in [0.15, 0.2) is 6.07 Å². The van der Waals surface area contributed by atoms with Gasteiger partial charge in [-0.25, -0.2) is 0 Å². The van der Waals surface area contributed by atoms with E-state index < -0.39 is 0 Å². The Labute approximate surface area is 156 Å². The lowest BCUT2D eigenvalue weighted by Gasteiger charge is -2.37. The van der Waals surface area contributed by atoms with Gasteiger partial charge < -0.3 is 15.0 Å². The van der Waals surface area contributed by atoms with Gasteiger partial charge in [0.2, 0.25) is 0 Å². The summed E-state index contributed by atoms with van der Waals surface area (Å²) in [5, 5.41) is 8.14. The molecule has 4 heterocycles. The van der Waals surface area contributed by atoms with Crippen molar-refractivity contribution in [1.29, 1.82) is 0 Å². The Morgan fingerprint density at radius 2 is 2.08 bits per heavy atom. The fraction of sp³-hybridized carbons (Fsp3) is 0.800. The predicted molar refractivity (Wildman–Crippen MR) is 100 cm³/mol. The molecule has 144 valence electrons. The van der Waals surface area contributed by atoms with E-state index in [1.165, 1.54) is 0 Å². The number of ether oxygens (including phenoxy) is 1. The number of aromatic nitrogens is 2. The molecule has 4 rings (SSSR count). The minimum absolute atomic E-state index is 0.147. The Balaban J connectivity index is 1.65. The Hall–Kier alpha value is -1.40. The van der Waals surface area contributed by atoms with E-state index in [0.717, 1.165) is 63.3 Å². The van der Waals surface area contributed by atoms with E-state index in [1.807, 2.05) is 17.7 Å². The molecule has 0 aromatic carbocycles. The zero-order valence-corrected chi connectivity index (χ0v) is 16.3. The molecule has 6 heteroatoms. The number of hydrogen-bond donors (Lipinski definition) is 1. The van der Waals surface area contributed by atoms with Crippen LogP contribution in [-0.4, -0.2) is 59.5 Å². The summed E-state index contributed by atoms with van der Waals surface area (Å²) >= 11 is 0. The third kappa shape index (κ3) is 2.78. The van der Waals surface area contributed by atoms with Crippen LogP contribution < -0.4 is 5.32 Å². The molecule has 1 N–H and O–H groups in total. The van der Waals surface area contributed by atoms with Crippen LogP contribution in [0.4, 0.5) is 0 Å². The van der Waals surface area contributed by atoms with Crippen molar-refractivity contribution in [2.24, 2.45) is 11.3 Å². The second kappa shape index (κ2) is 6.97. The quantitative estimate of drug-likeness (QED) is 0.896. The molecule has 0 bridgehead atoms. The highest BCUT2D eigenvalue weighted by Gasteiger charge is 2.56. The molecule has 0 unspecified atom stereocenters. The van der Waals surface area contributed by atoms with E-state index in [0.29, 0.717) is 12.5 Å². The van der Waals surface area contributed by atoms with Gasteiger partial charge in [-0.3, -0.25) is 9.48 Å². The van der Waals surface area contributed by atoms with Crippen LogP contribution >= 0.6 is 0 Å². The van der Waals surface area contributed by atoms with Crippen LogP contribution in [0.1, 0.15) is 61.8 Å². The molecule has 0 saturated carbocycles. The highest BCUT2D eigenvalue weighted by molar-refractivity contribution is 5.93. The molecule has 3 aliphatic rings. The number of nitrogens with zero attached hydrogens (tertiary/aromatic N) is 3. The molecule has 26 heavy (non-hydrogen) atoms. The molecular weight excluding hydrogens is 328 g/mol. The molecule has 1 amide bonds. The fourth-order valence-electron chi connectivity index (χ4n) is 5.42. The maximum Gasteiger partial charge on any atom is 0.272 e. The smallest absolute Gasteiger partial charge is 0.272 e. The standard InChI is InChI=1S/C20H32N4O2/c1-4-15(5-2)24-17(10-14(3)22-24)19(25)23-13-20(6-8-21-9-7-20)16-11-26-12-18(16)23/h10,15-16,18,21H,4-9,11-13H2,1-3H3/t16-,18+/m1/s1. The SMILES string of the molecule is CCC(CC)n1nc(C)cc1C(=O)N1CC2(CCNCC2)[C@@H]2COC[C@@H]21. The molecule has 6 nitrogen and oxygen atoms in total. The van der Waals surface area contributed by atoms with E-state index in [-0.39, 0.29) is 23.4 Å².